The standard InChI is InChI=1S/C19H23NO5/c1-9-6-10(2)15(11(3)7-9)16-14(21)8-13(18(16)22)12(4)17(19(23)24)20-25-5/h6-7,12-13,22H,8H2,1-5H3,(H,23,24). The number of aliphatic hydroxyl groups is 1. The number of aliphatic carboxylic acids is 1. The molecular formula is C19H23NO5. The number of hydrogen-bond acceptors (Lipinski definition) is 5. The van der Waals surface area contributed by atoms with Crippen LogP contribution in [0, 0.1) is 32.6 Å². The van der Waals surface area contributed by atoms with Crippen LogP contribution in [0.5, 0.6) is 0 Å². The highest BCUT2D eigenvalue weighted by Crippen LogP contribution is 2.40. The first kappa shape index (κ1) is 18.7. The molecule has 134 valence electrons. The molecule has 0 spiro atoms. The summed E-state index contributed by atoms with van der Waals surface area (Å²) in [5, 5.41) is 23.6. The van der Waals surface area contributed by atoms with E-state index in [1.165, 1.54) is 7.11 Å². The second kappa shape index (κ2) is 7.09. The molecule has 1 aliphatic rings. The van der Waals surface area contributed by atoms with Crippen LogP contribution in [0.4, 0.5) is 0 Å². The number of carboxylic acid groups (broad SMARTS) is 1. The van der Waals surface area contributed by atoms with Gasteiger partial charge in [-0.25, -0.2) is 4.79 Å². The molecule has 0 amide bonds. The van der Waals surface area contributed by atoms with E-state index in [0.29, 0.717) is 0 Å². The van der Waals surface area contributed by atoms with Crippen LogP contribution in [0.2, 0.25) is 0 Å². The molecule has 0 saturated heterocycles. The fourth-order valence-electron chi connectivity index (χ4n) is 3.59. The lowest BCUT2D eigenvalue weighted by atomic mass is 9.88. The van der Waals surface area contributed by atoms with E-state index in [1.807, 2.05) is 32.9 Å². The van der Waals surface area contributed by atoms with Gasteiger partial charge in [-0.2, -0.15) is 0 Å². The summed E-state index contributed by atoms with van der Waals surface area (Å²) in [5.74, 6) is -2.78. The highest BCUT2D eigenvalue weighted by molar-refractivity contribution is 6.36. The first-order valence-electron chi connectivity index (χ1n) is 8.07. The minimum Gasteiger partial charge on any atom is -0.511 e. The second-order valence-electron chi connectivity index (χ2n) is 6.52. The average molecular weight is 345 g/mol. The number of carboxylic acids is 1. The van der Waals surface area contributed by atoms with Gasteiger partial charge in [0.15, 0.2) is 11.5 Å². The van der Waals surface area contributed by atoms with Gasteiger partial charge in [-0.05, 0) is 37.5 Å². The van der Waals surface area contributed by atoms with Crippen LogP contribution in [0.1, 0.15) is 35.6 Å². The number of rotatable bonds is 5. The monoisotopic (exact) mass is 345 g/mol. The zero-order valence-electron chi connectivity index (χ0n) is 15.1. The predicted octanol–water partition coefficient (Wildman–Crippen LogP) is 3.19. The first-order chi connectivity index (χ1) is 11.7. The number of ketones is 1. The largest absolute Gasteiger partial charge is 0.511 e. The Labute approximate surface area is 146 Å². The molecule has 1 aromatic rings. The molecule has 6 heteroatoms. The van der Waals surface area contributed by atoms with Crippen LogP contribution in [-0.2, 0) is 14.4 Å². The number of nitrogens with zero attached hydrogens (tertiary/aromatic N) is 1. The van der Waals surface area contributed by atoms with Gasteiger partial charge in [-0.3, -0.25) is 4.79 Å². The Morgan fingerprint density at radius 2 is 1.84 bits per heavy atom. The van der Waals surface area contributed by atoms with Crippen molar-refractivity contribution in [2.75, 3.05) is 7.11 Å². The third kappa shape index (κ3) is 3.43. The molecule has 0 radical (unpaired) electrons. The van der Waals surface area contributed by atoms with Crippen LogP contribution < -0.4 is 0 Å². The number of allylic oxidation sites excluding steroid dienone is 2. The molecule has 0 heterocycles. The number of aliphatic hydroxyl groups excluding tert-OH is 1. The number of benzene rings is 1. The Balaban J connectivity index is 2.53. The fourth-order valence-corrected chi connectivity index (χ4v) is 3.59. The summed E-state index contributed by atoms with van der Waals surface area (Å²) in [5.41, 5.74) is 3.69. The second-order valence-corrected chi connectivity index (χ2v) is 6.52. The molecule has 0 aromatic heterocycles. The van der Waals surface area contributed by atoms with E-state index in [9.17, 15) is 19.8 Å². The van der Waals surface area contributed by atoms with Crippen molar-refractivity contribution in [1.82, 2.24) is 0 Å². The molecule has 6 nitrogen and oxygen atoms in total. The van der Waals surface area contributed by atoms with Gasteiger partial charge in [-0.1, -0.05) is 29.8 Å². The van der Waals surface area contributed by atoms with Gasteiger partial charge in [0.1, 0.15) is 12.9 Å². The molecule has 0 saturated carbocycles. The lowest BCUT2D eigenvalue weighted by Gasteiger charge is -2.18. The maximum Gasteiger partial charge on any atom is 0.353 e. The molecule has 0 bridgehead atoms. The van der Waals surface area contributed by atoms with E-state index in [2.05, 4.69) is 9.99 Å². The van der Waals surface area contributed by atoms with Crippen LogP contribution in [-0.4, -0.2) is 34.8 Å². The quantitative estimate of drug-likeness (QED) is 0.631. The maximum atomic E-state index is 12.6. The summed E-state index contributed by atoms with van der Waals surface area (Å²) in [6.07, 6.45) is 0.0467. The van der Waals surface area contributed by atoms with Crippen LogP contribution in [0.3, 0.4) is 0 Å². The smallest absolute Gasteiger partial charge is 0.353 e. The summed E-state index contributed by atoms with van der Waals surface area (Å²) in [7, 11) is 1.26. The molecule has 2 N–H and O–H groups in total. The number of oxime groups is 1. The van der Waals surface area contributed by atoms with E-state index in [4.69, 9.17) is 0 Å². The van der Waals surface area contributed by atoms with Crippen LogP contribution in [0.15, 0.2) is 23.0 Å². The van der Waals surface area contributed by atoms with E-state index in [0.717, 1.165) is 22.3 Å². The molecule has 2 rings (SSSR count). The van der Waals surface area contributed by atoms with E-state index in [-0.39, 0.29) is 29.2 Å². The van der Waals surface area contributed by atoms with Gasteiger partial charge in [0.25, 0.3) is 0 Å². The predicted molar refractivity (Wildman–Crippen MR) is 94.6 cm³/mol. The molecule has 0 aliphatic heterocycles. The number of aryl methyl sites for hydroxylation is 3. The summed E-state index contributed by atoms with van der Waals surface area (Å²) >= 11 is 0. The van der Waals surface area contributed by atoms with Gasteiger partial charge in [0.2, 0.25) is 0 Å². The normalized spacial score (nSPS) is 19.3. The van der Waals surface area contributed by atoms with Gasteiger partial charge in [0, 0.05) is 18.3 Å². The molecule has 1 aromatic carbocycles. The zero-order valence-corrected chi connectivity index (χ0v) is 15.1. The fraction of sp³-hybridized carbons (Fsp3) is 0.421. The SMILES string of the molecule is CON=C(C(=O)O)C(C)C1CC(=O)C(c2c(C)cc(C)cc2C)=C1O. The Kier molecular flexibility index (Phi) is 5.30. The molecular weight excluding hydrogens is 322 g/mol. The minimum atomic E-state index is -1.23. The summed E-state index contributed by atoms with van der Waals surface area (Å²) in [6.45, 7) is 7.39. The van der Waals surface area contributed by atoms with Gasteiger partial charge in [0.05, 0.1) is 5.57 Å². The highest BCUT2D eigenvalue weighted by atomic mass is 16.6. The van der Waals surface area contributed by atoms with Crippen molar-refractivity contribution in [3.05, 3.63) is 40.1 Å². The summed E-state index contributed by atoms with van der Waals surface area (Å²) in [6, 6.07) is 3.92. The average Bonchev–Trinajstić information content (AvgIpc) is 2.79. The summed E-state index contributed by atoms with van der Waals surface area (Å²) in [4.78, 5) is 28.6. The van der Waals surface area contributed by atoms with Crippen LogP contribution >= 0.6 is 0 Å². The molecule has 1 aliphatic carbocycles. The van der Waals surface area contributed by atoms with Gasteiger partial charge < -0.3 is 15.1 Å². The maximum absolute atomic E-state index is 12.6. The van der Waals surface area contributed by atoms with Gasteiger partial charge in [-0.15, -0.1) is 0 Å². The topological polar surface area (TPSA) is 96.2 Å². The Hall–Kier alpha value is -2.63. The van der Waals surface area contributed by atoms with E-state index >= 15 is 0 Å². The minimum absolute atomic E-state index is 0.0467. The van der Waals surface area contributed by atoms with Crippen molar-refractivity contribution in [2.45, 2.75) is 34.1 Å². The third-order valence-corrected chi connectivity index (χ3v) is 4.66. The molecule has 25 heavy (non-hydrogen) atoms. The van der Waals surface area contributed by atoms with E-state index in [1.54, 1.807) is 6.92 Å². The van der Waals surface area contributed by atoms with Crippen molar-refractivity contribution >= 4 is 23.0 Å². The van der Waals surface area contributed by atoms with Crippen molar-refractivity contribution in [3.8, 4) is 0 Å². The zero-order chi connectivity index (χ0) is 18.9. The van der Waals surface area contributed by atoms with Crippen molar-refractivity contribution < 1.29 is 24.6 Å². The number of carbonyl (C=O) groups is 2. The van der Waals surface area contributed by atoms with E-state index < -0.39 is 17.8 Å². The lowest BCUT2D eigenvalue weighted by Crippen LogP contribution is -2.28. The number of carbonyl (C=O) groups excluding carboxylic acids is 1. The molecule has 2 atom stereocenters. The number of hydrogen-bond donors (Lipinski definition) is 2. The Morgan fingerprint density at radius 1 is 1.28 bits per heavy atom. The highest BCUT2D eigenvalue weighted by Gasteiger charge is 2.40. The van der Waals surface area contributed by atoms with Crippen molar-refractivity contribution in [2.24, 2.45) is 17.0 Å². The van der Waals surface area contributed by atoms with Crippen molar-refractivity contribution in [1.29, 1.82) is 0 Å². The summed E-state index contributed by atoms with van der Waals surface area (Å²) < 4.78 is 0. The van der Waals surface area contributed by atoms with Gasteiger partial charge >= 0.3 is 5.97 Å². The van der Waals surface area contributed by atoms with Crippen LogP contribution in [0.25, 0.3) is 5.57 Å². The molecule has 0 fully saturated rings. The number of Topliss-reactive ketones (excluding diaryl/α,β-unsaturated/α-hetero) is 1. The Morgan fingerprint density at radius 3 is 2.32 bits per heavy atom. The Bertz CT molecular complexity index is 768. The first-order valence-corrected chi connectivity index (χ1v) is 8.07. The molecule has 2 unspecified atom stereocenters. The third-order valence-electron chi connectivity index (χ3n) is 4.66. The lowest BCUT2D eigenvalue weighted by molar-refractivity contribution is -0.130. The van der Waals surface area contributed by atoms with Crippen molar-refractivity contribution in [3.63, 3.8) is 0 Å².